The third-order valence-corrected chi connectivity index (χ3v) is 5.03. The minimum absolute atomic E-state index is 0.136. The number of benzene rings is 2. The smallest absolute Gasteiger partial charge is 0.272 e. The summed E-state index contributed by atoms with van der Waals surface area (Å²) < 4.78 is 29.3. The van der Waals surface area contributed by atoms with Gasteiger partial charge < -0.3 is 4.90 Å². The van der Waals surface area contributed by atoms with Gasteiger partial charge in [-0.2, -0.15) is 10.4 Å². The Balaban J connectivity index is 1.79. The van der Waals surface area contributed by atoms with E-state index in [1.807, 2.05) is 6.07 Å². The van der Waals surface area contributed by atoms with Crippen molar-refractivity contribution in [1.29, 1.82) is 5.26 Å². The van der Waals surface area contributed by atoms with Crippen LogP contribution in [0.25, 0.3) is 16.9 Å². The zero-order valence-electron chi connectivity index (χ0n) is 17.5. The fourth-order valence-corrected chi connectivity index (χ4v) is 3.42. The molecule has 2 aromatic heterocycles. The van der Waals surface area contributed by atoms with Crippen molar-refractivity contribution in [3.8, 4) is 23.0 Å². The highest BCUT2D eigenvalue weighted by Gasteiger charge is 2.24. The van der Waals surface area contributed by atoms with Gasteiger partial charge in [0.05, 0.1) is 23.9 Å². The standard InChI is InChI=1S/C25H19F2N5O/c26-19-8-10-20(11-9-19)32-24(15-23(30-32)21-6-1-2-7-22(21)27)25(33)31(14-4-12-28)17-18-5-3-13-29-16-18/h1-3,5-11,13,15-16H,4,14,17H2. The molecule has 0 saturated heterocycles. The Labute approximate surface area is 189 Å². The van der Waals surface area contributed by atoms with Gasteiger partial charge in [0.25, 0.3) is 5.91 Å². The van der Waals surface area contributed by atoms with E-state index >= 15 is 0 Å². The van der Waals surface area contributed by atoms with Crippen LogP contribution in [0.5, 0.6) is 0 Å². The molecule has 0 N–H and O–H groups in total. The Morgan fingerprint density at radius 2 is 1.85 bits per heavy atom. The summed E-state index contributed by atoms with van der Waals surface area (Å²) in [6.45, 7) is 0.422. The Bertz CT molecular complexity index is 1300. The molecule has 8 heteroatoms. The largest absolute Gasteiger partial charge is 0.332 e. The summed E-state index contributed by atoms with van der Waals surface area (Å²) in [6, 6.07) is 18.8. The maximum absolute atomic E-state index is 14.4. The second-order valence-corrected chi connectivity index (χ2v) is 7.28. The molecule has 164 valence electrons. The van der Waals surface area contributed by atoms with Crippen LogP contribution >= 0.6 is 0 Å². The summed E-state index contributed by atoms with van der Waals surface area (Å²) in [6.07, 6.45) is 3.42. The lowest BCUT2D eigenvalue weighted by molar-refractivity contribution is 0.0737. The topological polar surface area (TPSA) is 74.8 Å². The van der Waals surface area contributed by atoms with E-state index in [1.54, 1.807) is 36.7 Å². The van der Waals surface area contributed by atoms with Crippen LogP contribution in [0.15, 0.2) is 79.1 Å². The maximum Gasteiger partial charge on any atom is 0.272 e. The highest BCUT2D eigenvalue weighted by atomic mass is 19.1. The van der Waals surface area contributed by atoms with E-state index in [0.29, 0.717) is 5.69 Å². The van der Waals surface area contributed by atoms with Crippen molar-refractivity contribution in [3.63, 3.8) is 0 Å². The number of aromatic nitrogens is 3. The molecule has 4 aromatic rings. The van der Waals surface area contributed by atoms with Gasteiger partial charge in [0, 0.05) is 31.0 Å². The predicted molar refractivity (Wildman–Crippen MR) is 118 cm³/mol. The van der Waals surface area contributed by atoms with E-state index in [0.717, 1.165) is 5.56 Å². The Morgan fingerprint density at radius 3 is 2.55 bits per heavy atom. The minimum Gasteiger partial charge on any atom is -0.332 e. The number of pyridine rings is 1. The number of carbonyl (C=O) groups excluding carboxylic acids is 1. The number of hydrogen-bond donors (Lipinski definition) is 0. The molecule has 2 heterocycles. The number of halogens is 2. The van der Waals surface area contributed by atoms with E-state index in [1.165, 1.54) is 46.0 Å². The third-order valence-electron chi connectivity index (χ3n) is 5.03. The summed E-state index contributed by atoms with van der Waals surface area (Å²) in [5.74, 6) is -1.30. The van der Waals surface area contributed by atoms with Crippen molar-refractivity contribution in [3.05, 3.63) is 102 Å². The van der Waals surface area contributed by atoms with Crippen molar-refractivity contribution < 1.29 is 13.6 Å². The fraction of sp³-hybridized carbons (Fsp3) is 0.120. The lowest BCUT2D eigenvalue weighted by atomic mass is 10.1. The number of amides is 1. The average Bonchev–Trinajstić information content (AvgIpc) is 3.28. The van der Waals surface area contributed by atoms with Gasteiger partial charge in [0.15, 0.2) is 0 Å². The molecule has 0 radical (unpaired) electrons. The first-order chi connectivity index (χ1) is 16.1. The van der Waals surface area contributed by atoms with E-state index in [4.69, 9.17) is 5.26 Å². The summed E-state index contributed by atoms with van der Waals surface area (Å²) in [5, 5.41) is 13.5. The summed E-state index contributed by atoms with van der Waals surface area (Å²) in [5.41, 5.74) is 1.92. The molecule has 0 aliphatic carbocycles. The molecule has 1 amide bonds. The van der Waals surface area contributed by atoms with Gasteiger partial charge in [0.1, 0.15) is 17.3 Å². The lowest BCUT2D eigenvalue weighted by Gasteiger charge is -2.22. The molecular weight excluding hydrogens is 424 g/mol. The van der Waals surface area contributed by atoms with Crippen molar-refractivity contribution in [2.45, 2.75) is 13.0 Å². The quantitative estimate of drug-likeness (QED) is 0.412. The van der Waals surface area contributed by atoms with Crippen molar-refractivity contribution in [2.75, 3.05) is 6.54 Å². The zero-order valence-corrected chi connectivity index (χ0v) is 17.5. The van der Waals surface area contributed by atoms with Gasteiger partial charge >= 0.3 is 0 Å². The fourth-order valence-electron chi connectivity index (χ4n) is 3.42. The predicted octanol–water partition coefficient (Wildman–Crippen LogP) is 4.77. The molecule has 33 heavy (non-hydrogen) atoms. The van der Waals surface area contributed by atoms with Crippen LogP contribution in [-0.2, 0) is 6.54 Å². The van der Waals surface area contributed by atoms with E-state index in [-0.39, 0.29) is 36.5 Å². The SMILES string of the molecule is N#CCCN(Cc1cccnc1)C(=O)c1cc(-c2ccccc2F)nn1-c1ccc(F)cc1. The zero-order chi connectivity index (χ0) is 23.2. The van der Waals surface area contributed by atoms with Gasteiger partial charge in [-0.05, 0) is 54.1 Å². The number of nitrogens with zero attached hydrogens (tertiary/aromatic N) is 5. The molecule has 0 aliphatic rings. The molecule has 0 unspecified atom stereocenters. The average molecular weight is 443 g/mol. The molecule has 0 aliphatic heterocycles. The molecule has 0 fully saturated rings. The molecule has 0 bridgehead atoms. The van der Waals surface area contributed by atoms with E-state index in [9.17, 15) is 13.6 Å². The second-order valence-electron chi connectivity index (χ2n) is 7.28. The van der Waals surface area contributed by atoms with Crippen LogP contribution in [0.1, 0.15) is 22.5 Å². The first-order valence-electron chi connectivity index (χ1n) is 10.2. The van der Waals surface area contributed by atoms with Gasteiger partial charge in [-0.1, -0.05) is 18.2 Å². The Morgan fingerprint density at radius 1 is 1.06 bits per heavy atom. The normalized spacial score (nSPS) is 10.6. The Hall–Kier alpha value is -4.38. The molecular formula is C25H19F2N5O. The summed E-state index contributed by atoms with van der Waals surface area (Å²) in [7, 11) is 0. The molecule has 2 aromatic carbocycles. The number of rotatable bonds is 7. The number of nitriles is 1. The van der Waals surface area contributed by atoms with Gasteiger partial charge in [0.2, 0.25) is 0 Å². The highest BCUT2D eigenvalue weighted by molar-refractivity contribution is 5.94. The molecule has 6 nitrogen and oxygen atoms in total. The summed E-state index contributed by atoms with van der Waals surface area (Å²) >= 11 is 0. The Kier molecular flexibility index (Phi) is 6.51. The van der Waals surface area contributed by atoms with Crippen molar-refractivity contribution >= 4 is 5.91 Å². The molecule has 0 saturated carbocycles. The van der Waals surface area contributed by atoms with Crippen LogP contribution in [0.2, 0.25) is 0 Å². The monoisotopic (exact) mass is 443 g/mol. The molecule has 0 atom stereocenters. The number of carbonyl (C=O) groups is 1. The van der Waals surface area contributed by atoms with Crippen LogP contribution in [0.4, 0.5) is 8.78 Å². The van der Waals surface area contributed by atoms with Crippen LogP contribution < -0.4 is 0 Å². The van der Waals surface area contributed by atoms with Crippen LogP contribution in [0, 0.1) is 23.0 Å². The number of hydrogen-bond acceptors (Lipinski definition) is 4. The minimum atomic E-state index is -0.475. The maximum atomic E-state index is 14.4. The van der Waals surface area contributed by atoms with Gasteiger partial charge in [-0.3, -0.25) is 9.78 Å². The van der Waals surface area contributed by atoms with Gasteiger partial charge in [-0.15, -0.1) is 0 Å². The van der Waals surface area contributed by atoms with Crippen LogP contribution in [0.3, 0.4) is 0 Å². The van der Waals surface area contributed by atoms with E-state index in [2.05, 4.69) is 16.2 Å². The first kappa shape index (κ1) is 21.8. The third kappa shape index (κ3) is 4.93. The molecule has 0 spiro atoms. The summed E-state index contributed by atoms with van der Waals surface area (Å²) in [4.78, 5) is 19.2. The molecule has 4 rings (SSSR count). The first-order valence-corrected chi connectivity index (χ1v) is 10.2. The van der Waals surface area contributed by atoms with Crippen molar-refractivity contribution in [1.82, 2.24) is 19.7 Å². The van der Waals surface area contributed by atoms with Crippen LogP contribution in [-0.4, -0.2) is 32.1 Å². The van der Waals surface area contributed by atoms with Gasteiger partial charge in [-0.25, -0.2) is 13.5 Å². The van der Waals surface area contributed by atoms with E-state index < -0.39 is 17.5 Å². The highest BCUT2D eigenvalue weighted by Crippen LogP contribution is 2.25. The lowest BCUT2D eigenvalue weighted by Crippen LogP contribution is -2.33. The van der Waals surface area contributed by atoms with Crippen molar-refractivity contribution in [2.24, 2.45) is 0 Å². The second kappa shape index (κ2) is 9.83.